The summed E-state index contributed by atoms with van der Waals surface area (Å²) in [6.07, 6.45) is 0. The molecule has 1 heterocycles. The van der Waals surface area contributed by atoms with E-state index in [1.54, 1.807) is 12.1 Å². The number of ether oxygens (including phenoxy) is 2. The Hall–Kier alpha value is -1.33. The maximum Gasteiger partial charge on any atom is 0.204 e. The van der Waals surface area contributed by atoms with E-state index < -0.39 is 0 Å². The van der Waals surface area contributed by atoms with E-state index >= 15 is 0 Å². The van der Waals surface area contributed by atoms with Gasteiger partial charge >= 0.3 is 0 Å². The molecule has 0 bridgehead atoms. The third-order valence-electron chi connectivity index (χ3n) is 2.84. The minimum absolute atomic E-state index is 0.0102. The zero-order chi connectivity index (χ0) is 15.4. The predicted molar refractivity (Wildman–Crippen MR) is 89.0 cm³/mol. The minimum atomic E-state index is -0.0102. The number of carbonyl (C=O) groups is 1. The number of aryl methyl sites for hydroxylation is 1. The molecule has 1 aromatic heterocycles. The first kappa shape index (κ1) is 16.0. The molecule has 0 aliphatic heterocycles. The molecular formula is C16H17BrO3S. The van der Waals surface area contributed by atoms with E-state index in [4.69, 9.17) is 9.47 Å². The van der Waals surface area contributed by atoms with E-state index in [2.05, 4.69) is 15.9 Å². The maximum absolute atomic E-state index is 12.6. The molecule has 0 unspecified atom stereocenters. The van der Waals surface area contributed by atoms with Gasteiger partial charge in [-0.25, -0.2) is 0 Å². The molecular weight excluding hydrogens is 352 g/mol. The van der Waals surface area contributed by atoms with Crippen LogP contribution < -0.4 is 9.47 Å². The molecule has 0 spiro atoms. The van der Waals surface area contributed by atoms with Crippen LogP contribution in [-0.2, 0) is 0 Å². The zero-order valence-corrected chi connectivity index (χ0v) is 14.6. The van der Waals surface area contributed by atoms with Crippen molar-refractivity contribution in [3.05, 3.63) is 44.1 Å². The molecule has 0 aliphatic carbocycles. The number of thiophene rings is 1. The molecule has 5 heteroatoms. The van der Waals surface area contributed by atoms with E-state index in [1.165, 1.54) is 11.3 Å². The standard InChI is InChI=1S/C16H17BrO3S/c1-4-19-13-8-11(12(17)9-14(13)20-5-2)16(18)15-7-6-10(3)21-15/h6-9H,4-5H2,1-3H3. The summed E-state index contributed by atoms with van der Waals surface area (Å²) in [7, 11) is 0. The van der Waals surface area contributed by atoms with Crippen molar-refractivity contribution in [2.45, 2.75) is 20.8 Å². The summed E-state index contributed by atoms with van der Waals surface area (Å²) in [6, 6.07) is 7.34. The van der Waals surface area contributed by atoms with Crippen molar-refractivity contribution >= 4 is 33.0 Å². The fourth-order valence-electron chi connectivity index (χ4n) is 1.94. The molecule has 0 aliphatic rings. The lowest BCUT2D eigenvalue weighted by Gasteiger charge is -2.13. The Morgan fingerprint density at radius 3 is 2.29 bits per heavy atom. The first-order chi connectivity index (χ1) is 10.1. The number of carbonyl (C=O) groups excluding carboxylic acids is 1. The van der Waals surface area contributed by atoms with E-state index in [0.29, 0.717) is 34.7 Å². The molecule has 0 saturated heterocycles. The highest BCUT2D eigenvalue weighted by atomic mass is 79.9. The topological polar surface area (TPSA) is 35.5 Å². The number of hydrogen-bond donors (Lipinski definition) is 0. The second-order valence-electron chi connectivity index (χ2n) is 4.38. The fourth-order valence-corrected chi connectivity index (χ4v) is 3.26. The van der Waals surface area contributed by atoms with Crippen LogP contribution in [0.2, 0.25) is 0 Å². The molecule has 3 nitrogen and oxygen atoms in total. The van der Waals surface area contributed by atoms with Gasteiger partial charge in [0.15, 0.2) is 11.5 Å². The van der Waals surface area contributed by atoms with Gasteiger partial charge in [0.05, 0.1) is 18.1 Å². The summed E-state index contributed by atoms with van der Waals surface area (Å²) in [5, 5.41) is 0. The summed E-state index contributed by atoms with van der Waals surface area (Å²) in [6.45, 7) is 6.87. The van der Waals surface area contributed by atoms with E-state index in [0.717, 1.165) is 9.75 Å². The SMILES string of the molecule is CCOc1cc(Br)c(C(=O)c2ccc(C)s2)cc1OCC. The van der Waals surface area contributed by atoms with Crippen molar-refractivity contribution in [2.24, 2.45) is 0 Å². The quantitative estimate of drug-likeness (QED) is 0.683. The van der Waals surface area contributed by atoms with E-state index in [9.17, 15) is 4.79 Å². The molecule has 2 aromatic rings. The van der Waals surface area contributed by atoms with E-state index in [-0.39, 0.29) is 5.78 Å². The van der Waals surface area contributed by atoms with Gasteiger partial charge in [-0.15, -0.1) is 11.3 Å². The molecule has 112 valence electrons. The molecule has 0 saturated carbocycles. The fraction of sp³-hybridized carbons (Fsp3) is 0.312. The lowest BCUT2D eigenvalue weighted by Crippen LogP contribution is -2.04. The molecule has 0 atom stereocenters. The smallest absolute Gasteiger partial charge is 0.204 e. The third kappa shape index (κ3) is 3.66. The van der Waals surface area contributed by atoms with Gasteiger partial charge in [0.2, 0.25) is 5.78 Å². The van der Waals surface area contributed by atoms with Crippen molar-refractivity contribution in [3.63, 3.8) is 0 Å². The van der Waals surface area contributed by atoms with Gasteiger partial charge in [0.1, 0.15) is 0 Å². The Balaban J connectivity index is 2.43. The number of hydrogen-bond acceptors (Lipinski definition) is 4. The summed E-state index contributed by atoms with van der Waals surface area (Å²) in [5.41, 5.74) is 0.587. The minimum Gasteiger partial charge on any atom is -0.490 e. The number of halogens is 1. The van der Waals surface area contributed by atoms with Crippen LogP contribution in [0.4, 0.5) is 0 Å². The molecule has 2 rings (SSSR count). The highest BCUT2D eigenvalue weighted by Gasteiger charge is 2.18. The van der Waals surface area contributed by atoms with Gasteiger partial charge < -0.3 is 9.47 Å². The Labute approximate surface area is 137 Å². The lowest BCUT2D eigenvalue weighted by molar-refractivity contribution is 0.104. The van der Waals surface area contributed by atoms with Crippen molar-refractivity contribution in [1.82, 2.24) is 0 Å². The number of ketones is 1. The van der Waals surface area contributed by atoms with Crippen LogP contribution in [0.3, 0.4) is 0 Å². The molecule has 0 amide bonds. The molecule has 0 fully saturated rings. The van der Waals surface area contributed by atoms with Crippen LogP contribution in [-0.4, -0.2) is 19.0 Å². The van der Waals surface area contributed by atoms with Gasteiger partial charge in [-0.2, -0.15) is 0 Å². The predicted octanol–water partition coefficient (Wildman–Crippen LogP) is 4.85. The highest BCUT2D eigenvalue weighted by Crippen LogP contribution is 2.35. The van der Waals surface area contributed by atoms with Gasteiger partial charge in [-0.1, -0.05) is 0 Å². The maximum atomic E-state index is 12.6. The van der Waals surface area contributed by atoms with Crippen LogP contribution in [0.15, 0.2) is 28.7 Å². The van der Waals surface area contributed by atoms with Crippen LogP contribution in [0.1, 0.15) is 34.0 Å². The Morgan fingerprint density at radius 2 is 1.76 bits per heavy atom. The summed E-state index contributed by atoms with van der Waals surface area (Å²) in [5.74, 6) is 1.23. The van der Waals surface area contributed by atoms with Crippen molar-refractivity contribution in [3.8, 4) is 11.5 Å². The van der Waals surface area contributed by atoms with Crippen molar-refractivity contribution in [1.29, 1.82) is 0 Å². The van der Waals surface area contributed by atoms with Crippen LogP contribution >= 0.6 is 27.3 Å². The Kier molecular flexibility index (Phi) is 5.42. The van der Waals surface area contributed by atoms with Crippen molar-refractivity contribution < 1.29 is 14.3 Å². The van der Waals surface area contributed by atoms with Gasteiger partial charge in [-0.3, -0.25) is 4.79 Å². The largest absolute Gasteiger partial charge is 0.490 e. The molecule has 21 heavy (non-hydrogen) atoms. The van der Waals surface area contributed by atoms with Crippen LogP contribution in [0.25, 0.3) is 0 Å². The molecule has 0 N–H and O–H groups in total. The monoisotopic (exact) mass is 368 g/mol. The normalized spacial score (nSPS) is 10.5. The highest BCUT2D eigenvalue weighted by molar-refractivity contribution is 9.10. The van der Waals surface area contributed by atoms with Crippen molar-refractivity contribution in [2.75, 3.05) is 13.2 Å². The van der Waals surface area contributed by atoms with E-state index in [1.807, 2.05) is 32.9 Å². The first-order valence-corrected chi connectivity index (χ1v) is 8.38. The first-order valence-electron chi connectivity index (χ1n) is 6.77. The summed E-state index contributed by atoms with van der Waals surface area (Å²) in [4.78, 5) is 14.4. The molecule has 1 aromatic carbocycles. The number of rotatable bonds is 6. The lowest BCUT2D eigenvalue weighted by atomic mass is 10.1. The summed E-state index contributed by atoms with van der Waals surface area (Å²) >= 11 is 4.95. The van der Waals surface area contributed by atoms with Crippen LogP contribution in [0, 0.1) is 6.92 Å². The van der Waals surface area contributed by atoms with Crippen LogP contribution in [0.5, 0.6) is 11.5 Å². The van der Waals surface area contributed by atoms with Gasteiger partial charge in [0, 0.05) is 14.9 Å². The average molecular weight is 369 g/mol. The number of benzene rings is 1. The third-order valence-corrected chi connectivity index (χ3v) is 4.50. The zero-order valence-electron chi connectivity index (χ0n) is 12.2. The summed E-state index contributed by atoms with van der Waals surface area (Å²) < 4.78 is 11.8. The van der Waals surface area contributed by atoms with Gasteiger partial charge in [-0.05, 0) is 61.0 Å². The Bertz CT molecular complexity index is 649. The molecule has 0 radical (unpaired) electrons. The Morgan fingerprint density at radius 1 is 1.14 bits per heavy atom. The average Bonchev–Trinajstić information content (AvgIpc) is 2.88. The second kappa shape index (κ2) is 7.09. The second-order valence-corrected chi connectivity index (χ2v) is 6.53. The van der Waals surface area contributed by atoms with Gasteiger partial charge in [0.25, 0.3) is 0 Å².